The summed E-state index contributed by atoms with van der Waals surface area (Å²) in [5.74, 6) is 0. The minimum atomic E-state index is -0.502. The fraction of sp³-hybridized carbons (Fsp3) is 0.526. The quantitative estimate of drug-likeness (QED) is 0.469. The standard InChI is InChI=1S/C19H29N3O3/c1-5-11-24-12-9-21-17-7-6-16(20)15-13-22(10-8-14(15)17)18(23)25-19(2,3)4/h5-7,21H,1,8-13,20H2,2-4H3. The smallest absolute Gasteiger partial charge is 0.410 e. The van der Waals surface area contributed by atoms with Crippen molar-refractivity contribution in [3.05, 3.63) is 35.9 Å². The Morgan fingerprint density at radius 3 is 2.84 bits per heavy atom. The van der Waals surface area contributed by atoms with Gasteiger partial charge in [0.15, 0.2) is 0 Å². The molecule has 0 saturated carbocycles. The van der Waals surface area contributed by atoms with Crippen LogP contribution >= 0.6 is 0 Å². The third-order valence-corrected chi connectivity index (χ3v) is 3.90. The van der Waals surface area contributed by atoms with Crippen molar-refractivity contribution in [2.75, 3.05) is 37.4 Å². The molecule has 25 heavy (non-hydrogen) atoms. The van der Waals surface area contributed by atoms with Gasteiger partial charge in [-0.1, -0.05) is 6.08 Å². The van der Waals surface area contributed by atoms with Crippen LogP contribution in [0.25, 0.3) is 0 Å². The van der Waals surface area contributed by atoms with E-state index in [1.54, 1.807) is 11.0 Å². The summed E-state index contributed by atoms with van der Waals surface area (Å²) >= 11 is 0. The molecule has 138 valence electrons. The molecule has 1 aromatic carbocycles. The van der Waals surface area contributed by atoms with Crippen LogP contribution in [0.15, 0.2) is 24.8 Å². The molecule has 2 rings (SSSR count). The van der Waals surface area contributed by atoms with Gasteiger partial charge in [-0.2, -0.15) is 0 Å². The van der Waals surface area contributed by atoms with E-state index in [-0.39, 0.29) is 6.09 Å². The number of amides is 1. The van der Waals surface area contributed by atoms with E-state index in [0.29, 0.717) is 38.5 Å². The molecule has 0 fully saturated rings. The summed E-state index contributed by atoms with van der Waals surface area (Å²) < 4.78 is 10.9. The topological polar surface area (TPSA) is 76.8 Å². The Morgan fingerprint density at radius 1 is 1.40 bits per heavy atom. The minimum Gasteiger partial charge on any atom is -0.444 e. The average Bonchev–Trinajstić information content (AvgIpc) is 2.55. The molecule has 1 aromatic rings. The predicted molar refractivity (Wildman–Crippen MR) is 101 cm³/mol. The Morgan fingerprint density at radius 2 is 2.16 bits per heavy atom. The number of nitrogens with one attached hydrogen (secondary N) is 1. The van der Waals surface area contributed by atoms with Crippen molar-refractivity contribution in [1.82, 2.24) is 4.90 Å². The van der Waals surface area contributed by atoms with Crippen LogP contribution in [0.1, 0.15) is 31.9 Å². The van der Waals surface area contributed by atoms with Crippen LogP contribution in [-0.4, -0.2) is 42.9 Å². The van der Waals surface area contributed by atoms with E-state index >= 15 is 0 Å². The Bertz CT molecular complexity index is 623. The molecular weight excluding hydrogens is 318 g/mol. The Kier molecular flexibility index (Phi) is 6.31. The number of ether oxygens (including phenoxy) is 2. The third-order valence-electron chi connectivity index (χ3n) is 3.90. The van der Waals surface area contributed by atoms with Crippen LogP contribution in [0.2, 0.25) is 0 Å². The molecule has 0 saturated heterocycles. The summed E-state index contributed by atoms with van der Waals surface area (Å²) in [7, 11) is 0. The highest BCUT2D eigenvalue weighted by atomic mass is 16.6. The van der Waals surface area contributed by atoms with E-state index in [1.807, 2.05) is 32.9 Å². The maximum Gasteiger partial charge on any atom is 0.410 e. The number of hydrogen-bond donors (Lipinski definition) is 2. The highest BCUT2D eigenvalue weighted by molar-refractivity contribution is 5.71. The number of rotatable bonds is 6. The zero-order chi connectivity index (χ0) is 18.4. The number of nitrogen functional groups attached to an aromatic ring is 1. The van der Waals surface area contributed by atoms with Crippen molar-refractivity contribution < 1.29 is 14.3 Å². The van der Waals surface area contributed by atoms with Crippen molar-refractivity contribution in [1.29, 1.82) is 0 Å². The lowest BCUT2D eigenvalue weighted by molar-refractivity contribution is 0.0224. The van der Waals surface area contributed by atoms with E-state index in [4.69, 9.17) is 15.2 Å². The van der Waals surface area contributed by atoms with Gasteiger partial charge in [0, 0.05) is 24.5 Å². The number of nitrogens with zero attached hydrogens (tertiary/aromatic N) is 1. The predicted octanol–water partition coefficient (Wildman–Crippen LogP) is 3.18. The van der Waals surface area contributed by atoms with E-state index in [0.717, 1.165) is 17.7 Å². The van der Waals surface area contributed by atoms with Gasteiger partial charge < -0.3 is 25.4 Å². The third kappa shape index (κ3) is 5.39. The molecule has 0 radical (unpaired) electrons. The van der Waals surface area contributed by atoms with Crippen LogP contribution in [-0.2, 0) is 22.4 Å². The number of benzene rings is 1. The molecule has 6 heteroatoms. The molecule has 1 aliphatic rings. The van der Waals surface area contributed by atoms with Crippen LogP contribution < -0.4 is 11.1 Å². The first-order valence-corrected chi connectivity index (χ1v) is 8.62. The number of nitrogens with two attached hydrogens (primary N) is 1. The van der Waals surface area contributed by atoms with Gasteiger partial charge in [0.05, 0.1) is 19.8 Å². The van der Waals surface area contributed by atoms with Crippen LogP contribution in [0.5, 0.6) is 0 Å². The normalized spacial score (nSPS) is 14.0. The molecule has 0 unspecified atom stereocenters. The van der Waals surface area contributed by atoms with Gasteiger partial charge in [-0.25, -0.2) is 4.79 Å². The van der Waals surface area contributed by atoms with E-state index in [2.05, 4.69) is 11.9 Å². The Balaban J connectivity index is 2.05. The molecule has 1 heterocycles. The lowest BCUT2D eigenvalue weighted by Crippen LogP contribution is -2.40. The first kappa shape index (κ1) is 19.1. The van der Waals surface area contributed by atoms with Crippen LogP contribution in [0, 0.1) is 0 Å². The van der Waals surface area contributed by atoms with Gasteiger partial charge in [0.25, 0.3) is 0 Å². The van der Waals surface area contributed by atoms with Crippen LogP contribution in [0.4, 0.5) is 16.2 Å². The molecule has 0 atom stereocenters. The van der Waals surface area contributed by atoms with Crippen molar-refractivity contribution in [2.45, 2.75) is 39.3 Å². The molecule has 3 N–H and O–H groups in total. The second kappa shape index (κ2) is 8.25. The molecule has 0 aromatic heterocycles. The van der Waals surface area contributed by atoms with Crippen molar-refractivity contribution in [3.63, 3.8) is 0 Å². The molecule has 1 amide bonds. The second-order valence-electron chi connectivity index (χ2n) is 7.10. The second-order valence-corrected chi connectivity index (χ2v) is 7.10. The van der Waals surface area contributed by atoms with E-state index in [9.17, 15) is 4.79 Å². The highest BCUT2D eigenvalue weighted by Crippen LogP contribution is 2.31. The number of carbonyl (C=O) groups excluding carboxylic acids is 1. The SMILES string of the molecule is C=CCOCCNc1ccc(N)c2c1CCN(C(=O)OC(C)(C)C)C2. The van der Waals surface area contributed by atoms with Crippen molar-refractivity contribution in [3.8, 4) is 0 Å². The van der Waals surface area contributed by atoms with Gasteiger partial charge in [-0.3, -0.25) is 0 Å². The fourth-order valence-corrected chi connectivity index (χ4v) is 2.77. The Labute approximate surface area is 150 Å². The van der Waals surface area contributed by atoms with Crippen LogP contribution in [0.3, 0.4) is 0 Å². The summed E-state index contributed by atoms with van der Waals surface area (Å²) in [6.45, 7) is 12.2. The zero-order valence-corrected chi connectivity index (χ0v) is 15.4. The lowest BCUT2D eigenvalue weighted by Gasteiger charge is -2.32. The highest BCUT2D eigenvalue weighted by Gasteiger charge is 2.27. The summed E-state index contributed by atoms with van der Waals surface area (Å²) in [6.07, 6.45) is 2.18. The summed E-state index contributed by atoms with van der Waals surface area (Å²) in [6, 6.07) is 3.87. The average molecular weight is 347 g/mol. The molecule has 6 nitrogen and oxygen atoms in total. The molecule has 0 bridgehead atoms. The van der Waals surface area contributed by atoms with E-state index < -0.39 is 5.60 Å². The molecule has 1 aliphatic heterocycles. The number of hydrogen-bond acceptors (Lipinski definition) is 5. The Hall–Kier alpha value is -2.21. The summed E-state index contributed by atoms with van der Waals surface area (Å²) in [5, 5.41) is 3.39. The van der Waals surface area contributed by atoms with E-state index in [1.165, 1.54) is 5.56 Å². The molecular formula is C19H29N3O3. The summed E-state index contributed by atoms with van der Waals surface area (Å²) in [4.78, 5) is 14.0. The van der Waals surface area contributed by atoms with Gasteiger partial charge in [0.1, 0.15) is 5.60 Å². The van der Waals surface area contributed by atoms with Crippen molar-refractivity contribution in [2.24, 2.45) is 0 Å². The fourth-order valence-electron chi connectivity index (χ4n) is 2.77. The monoisotopic (exact) mass is 347 g/mol. The number of carbonyl (C=O) groups is 1. The van der Waals surface area contributed by atoms with Gasteiger partial charge >= 0.3 is 6.09 Å². The largest absolute Gasteiger partial charge is 0.444 e. The molecule has 0 spiro atoms. The first-order valence-electron chi connectivity index (χ1n) is 8.62. The van der Waals surface area contributed by atoms with Gasteiger partial charge in [0.2, 0.25) is 0 Å². The maximum absolute atomic E-state index is 12.3. The van der Waals surface area contributed by atoms with Gasteiger partial charge in [-0.15, -0.1) is 6.58 Å². The number of fused-ring (bicyclic) bond motifs is 1. The first-order chi connectivity index (χ1) is 11.8. The zero-order valence-electron chi connectivity index (χ0n) is 15.4. The maximum atomic E-state index is 12.3. The molecule has 0 aliphatic carbocycles. The summed E-state index contributed by atoms with van der Waals surface area (Å²) in [5.41, 5.74) is 9.57. The minimum absolute atomic E-state index is 0.297. The van der Waals surface area contributed by atoms with Crippen molar-refractivity contribution >= 4 is 17.5 Å². The number of anilines is 2. The van der Waals surface area contributed by atoms with Gasteiger partial charge in [-0.05, 0) is 50.5 Å². The lowest BCUT2D eigenvalue weighted by atomic mass is 9.96.